The minimum Gasteiger partial charge on any atom is -0.489 e. The molecule has 0 aliphatic carbocycles. The minimum atomic E-state index is -0.528. The van der Waals surface area contributed by atoms with E-state index in [9.17, 15) is 9.59 Å². The van der Waals surface area contributed by atoms with Crippen LogP contribution in [0, 0.1) is 13.8 Å². The number of esters is 1. The Bertz CT molecular complexity index is 1040. The van der Waals surface area contributed by atoms with Crippen LogP contribution >= 0.6 is 15.9 Å². The number of nitrogens with one attached hydrogen (secondary N) is 1. The average molecular weight is 487 g/mol. The second-order valence-electron chi connectivity index (χ2n) is 6.98. The zero-order valence-electron chi connectivity index (χ0n) is 17.5. The highest BCUT2D eigenvalue weighted by Crippen LogP contribution is 2.22. The zero-order valence-corrected chi connectivity index (χ0v) is 19.1. The number of benzene rings is 2. The smallest absolute Gasteiger partial charge is 0.307 e. The van der Waals surface area contributed by atoms with E-state index in [0.717, 1.165) is 21.3 Å². The number of halogens is 1. The first-order chi connectivity index (χ1) is 14.9. The third kappa shape index (κ3) is 5.95. The molecule has 1 unspecified atom stereocenters. The molecule has 0 aliphatic heterocycles. The fourth-order valence-corrected chi connectivity index (χ4v) is 3.29. The van der Waals surface area contributed by atoms with Crippen LogP contribution in [0.1, 0.15) is 45.4 Å². The molecule has 162 valence electrons. The molecule has 0 aliphatic rings. The predicted octanol–water partition coefficient (Wildman–Crippen LogP) is 4.67. The topological polar surface area (TPSA) is 90.7 Å². The van der Waals surface area contributed by atoms with Crippen LogP contribution in [-0.2, 0) is 16.1 Å². The van der Waals surface area contributed by atoms with Gasteiger partial charge in [-0.15, -0.1) is 0 Å². The number of hydrogen-bond acceptors (Lipinski definition) is 6. The molecule has 0 bridgehead atoms. The van der Waals surface area contributed by atoms with Gasteiger partial charge >= 0.3 is 5.97 Å². The average Bonchev–Trinajstić information content (AvgIpc) is 3.09. The standard InChI is InChI=1S/C23H23BrN2O5/c1-14-20(15(2)31-26-14)13-30-19-6-4-5-17(11-19)23(28)25-21(12-22(27)29-3)16-7-9-18(24)10-8-16/h4-11,21H,12-13H2,1-3H3,(H,25,28). The molecule has 0 saturated carbocycles. The summed E-state index contributed by atoms with van der Waals surface area (Å²) >= 11 is 3.39. The quantitative estimate of drug-likeness (QED) is 0.465. The normalized spacial score (nSPS) is 11.6. The number of aromatic nitrogens is 1. The number of aryl methyl sites for hydroxylation is 2. The number of rotatable bonds is 8. The Morgan fingerprint density at radius 2 is 1.90 bits per heavy atom. The van der Waals surface area contributed by atoms with Crippen LogP contribution in [0.4, 0.5) is 0 Å². The summed E-state index contributed by atoms with van der Waals surface area (Å²) in [5.74, 6) is 0.511. The Morgan fingerprint density at radius 1 is 1.16 bits per heavy atom. The van der Waals surface area contributed by atoms with Crippen molar-refractivity contribution in [3.05, 3.63) is 81.1 Å². The van der Waals surface area contributed by atoms with Crippen LogP contribution in [0.25, 0.3) is 0 Å². The van der Waals surface area contributed by atoms with E-state index in [1.54, 1.807) is 24.3 Å². The van der Waals surface area contributed by atoms with E-state index in [1.807, 2.05) is 38.1 Å². The van der Waals surface area contributed by atoms with Gasteiger partial charge in [-0.3, -0.25) is 9.59 Å². The summed E-state index contributed by atoms with van der Waals surface area (Å²) in [6, 6.07) is 13.7. The largest absolute Gasteiger partial charge is 0.489 e. The van der Waals surface area contributed by atoms with E-state index >= 15 is 0 Å². The number of amides is 1. The van der Waals surface area contributed by atoms with Crippen LogP contribution in [0.5, 0.6) is 5.75 Å². The van der Waals surface area contributed by atoms with Gasteiger partial charge in [0, 0.05) is 10.0 Å². The van der Waals surface area contributed by atoms with Crippen molar-refractivity contribution in [1.82, 2.24) is 10.5 Å². The van der Waals surface area contributed by atoms with Gasteiger partial charge in [0.25, 0.3) is 5.91 Å². The SMILES string of the molecule is COC(=O)CC(NC(=O)c1cccc(OCc2c(C)noc2C)c1)c1ccc(Br)cc1. The lowest BCUT2D eigenvalue weighted by Crippen LogP contribution is -2.30. The van der Waals surface area contributed by atoms with E-state index in [1.165, 1.54) is 7.11 Å². The third-order valence-electron chi connectivity index (χ3n) is 4.84. The number of ether oxygens (including phenoxy) is 2. The number of hydrogen-bond donors (Lipinski definition) is 1. The lowest BCUT2D eigenvalue weighted by Gasteiger charge is -2.19. The van der Waals surface area contributed by atoms with Crippen LogP contribution in [0.3, 0.4) is 0 Å². The summed E-state index contributed by atoms with van der Waals surface area (Å²) in [5.41, 5.74) is 2.87. The van der Waals surface area contributed by atoms with E-state index in [0.29, 0.717) is 17.1 Å². The molecule has 7 nitrogen and oxygen atoms in total. The second-order valence-corrected chi connectivity index (χ2v) is 7.89. The molecule has 0 radical (unpaired) electrons. The summed E-state index contributed by atoms with van der Waals surface area (Å²) in [7, 11) is 1.32. The predicted molar refractivity (Wildman–Crippen MR) is 118 cm³/mol. The van der Waals surface area contributed by atoms with Gasteiger partial charge in [0.05, 0.1) is 30.8 Å². The highest BCUT2D eigenvalue weighted by molar-refractivity contribution is 9.10. The lowest BCUT2D eigenvalue weighted by atomic mass is 10.0. The van der Waals surface area contributed by atoms with Gasteiger partial charge in [-0.25, -0.2) is 0 Å². The van der Waals surface area contributed by atoms with Crippen molar-refractivity contribution < 1.29 is 23.6 Å². The molecule has 0 fully saturated rings. The Kier molecular flexibility index (Phi) is 7.46. The molecule has 8 heteroatoms. The zero-order chi connectivity index (χ0) is 22.4. The number of nitrogens with zero attached hydrogens (tertiary/aromatic N) is 1. The van der Waals surface area contributed by atoms with E-state index in [4.69, 9.17) is 14.0 Å². The molecular weight excluding hydrogens is 464 g/mol. The molecule has 1 amide bonds. The van der Waals surface area contributed by atoms with Gasteiger partial charge < -0.3 is 19.3 Å². The van der Waals surface area contributed by atoms with Crippen molar-refractivity contribution >= 4 is 27.8 Å². The Labute approximate surface area is 188 Å². The maximum atomic E-state index is 12.9. The minimum absolute atomic E-state index is 0.0199. The monoisotopic (exact) mass is 486 g/mol. The fourth-order valence-electron chi connectivity index (χ4n) is 3.03. The molecule has 3 rings (SSSR count). The molecule has 1 heterocycles. The summed E-state index contributed by atoms with van der Waals surface area (Å²) in [6.45, 7) is 3.96. The number of carbonyl (C=O) groups is 2. The van der Waals surface area contributed by atoms with Crippen LogP contribution in [0.2, 0.25) is 0 Å². The van der Waals surface area contributed by atoms with Gasteiger partial charge in [0.2, 0.25) is 0 Å². The first kappa shape index (κ1) is 22.6. The van der Waals surface area contributed by atoms with Gasteiger partial charge in [-0.05, 0) is 49.7 Å². The van der Waals surface area contributed by atoms with Crippen molar-refractivity contribution in [3.8, 4) is 5.75 Å². The molecule has 3 aromatic rings. The third-order valence-corrected chi connectivity index (χ3v) is 5.37. The van der Waals surface area contributed by atoms with Crippen molar-refractivity contribution in [1.29, 1.82) is 0 Å². The van der Waals surface area contributed by atoms with Gasteiger partial charge in [0.1, 0.15) is 18.1 Å². The molecule has 0 saturated heterocycles. The number of carbonyl (C=O) groups excluding carboxylic acids is 2. The second kappa shape index (κ2) is 10.3. The Hall–Kier alpha value is -3.13. The molecule has 0 spiro atoms. The number of methoxy groups -OCH3 is 1. The van der Waals surface area contributed by atoms with Crippen molar-refractivity contribution in [2.45, 2.75) is 32.9 Å². The fraction of sp³-hybridized carbons (Fsp3) is 0.261. The first-order valence-corrected chi connectivity index (χ1v) is 10.4. The van der Waals surface area contributed by atoms with Crippen LogP contribution < -0.4 is 10.1 Å². The molecule has 1 atom stereocenters. The van der Waals surface area contributed by atoms with E-state index in [-0.39, 0.29) is 18.9 Å². The van der Waals surface area contributed by atoms with E-state index < -0.39 is 12.0 Å². The Morgan fingerprint density at radius 3 is 2.55 bits per heavy atom. The molecule has 2 aromatic carbocycles. The summed E-state index contributed by atoms with van der Waals surface area (Å²) in [5, 5.41) is 6.83. The first-order valence-electron chi connectivity index (χ1n) is 9.65. The highest BCUT2D eigenvalue weighted by Gasteiger charge is 2.20. The van der Waals surface area contributed by atoms with E-state index in [2.05, 4.69) is 26.4 Å². The van der Waals surface area contributed by atoms with Crippen molar-refractivity contribution in [2.24, 2.45) is 0 Å². The molecule has 1 aromatic heterocycles. The maximum absolute atomic E-state index is 12.9. The highest BCUT2D eigenvalue weighted by atomic mass is 79.9. The van der Waals surface area contributed by atoms with Crippen LogP contribution in [0.15, 0.2) is 57.5 Å². The summed E-state index contributed by atoms with van der Waals surface area (Å²) in [4.78, 5) is 24.8. The van der Waals surface area contributed by atoms with Gasteiger partial charge in [-0.1, -0.05) is 39.3 Å². The maximum Gasteiger partial charge on any atom is 0.307 e. The summed E-state index contributed by atoms with van der Waals surface area (Å²) < 4.78 is 16.7. The van der Waals surface area contributed by atoms with Gasteiger partial charge in [-0.2, -0.15) is 0 Å². The van der Waals surface area contributed by atoms with Crippen molar-refractivity contribution in [2.75, 3.05) is 7.11 Å². The van der Waals surface area contributed by atoms with Crippen LogP contribution in [-0.4, -0.2) is 24.1 Å². The van der Waals surface area contributed by atoms with Gasteiger partial charge in [0.15, 0.2) is 0 Å². The summed E-state index contributed by atoms with van der Waals surface area (Å²) in [6.07, 6.45) is 0.0199. The molecular formula is C23H23BrN2O5. The lowest BCUT2D eigenvalue weighted by molar-refractivity contribution is -0.141. The van der Waals surface area contributed by atoms with Crippen molar-refractivity contribution in [3.63, 3.8) is 0 Å². The molecule has 1 N–H and O–H groups in total. The molecule has 31 heavy (non-hydrogen) atoms. The Balaban J connectivity index is 1.73.